The van der Waals surface area contributed by atoms with Gasteiger partial charge in [-0.1, -0.05) is 25.3 Å². The van der Waals surface area contributed by atoms with Gasteiger partial charge in [-0.25, -0.2) is 0 Å². The first-order valence-electron chi connectivity index (χ1n) is 8.56. The maximum Gasteiger partial charge on any atom is 0.258 e. The fourth-order valence-electron chi connectivity index (χ4n) is 3.47. The van der Waals surface area contributed by atoms with Gasteiger partial charge < -0.3 is 15.0 Å². The van der Waals surface area contributed by atoms with E-state index in [1.54, 1.807) is 0 Å². The fraction of sp³-hybridized carbons (Fsp3) is 0.632. The zero-order valence-electron chi connectivity index (χ0n) is 15.4. The minimum atomic E-state index is -0.0454. The van der Waals surface area contributed by atoms with Gasteiger partial charge in [-0.05, 0) is 64.0 Å². The van der Waals surface area contributed by atoms with Crippen molar-refractivity contribution in [2.75, 3.05) is 27.2 Å². The number of benzene rings is 1. The van der Waals surface area contributed by atoms with Crippen LogP contribution in [0.4, 0.5) is 0 Å². The molecule has 1 aromatic rings. The first-order chi connectivity index (χ1) is 10.9. The molecule has 4 nitrogen and oxygen atoms in total. The number of rotatable bonds is 6. The van der Waals surface area contributed by atoms with E-state index in [1.165, 1.54) is 19.3 Å². The predicted molar refractivity (Wildman–Crippen MR) is 101 cm³/mol. The molecule has 1 aromatic carbocycles. The van der Waals surface area contributed by atoms with Gasteiger partial charge in [-0.15, -0.1) is 12.4 Å². The van der Waals surface area contributed by atoms with E-state index in [1.807, 2.05) is 26.0 Å². The zero-order valence-corrected chi connectivity index (χ0v) is 16.2. The van der Waals surface area contributed by atoms with Crippen LogP contribution in [0.2, 0.25) is 0 Å². The topological polar surface area (TPSA) is 41.6 Å². The maximum absolute atomic E-state index is 12.1. The third-order valence-electron chi connectivity index (χ3n) is 4.91. The number of ether oxygens (including phenoxy) is 1. The van der Waals surface area contributed by atoms with Crippen molar-refractivity contribution in [3.05, 3.63) is 29.3 Å². The van der Waals surface area contributed by atoms with Gasteiger partial charge in [0.1, 0.15) is 5.75 Å². The van der Waals surface area contributed by atoms with Crippen LogP contribution >= 0.6 is 12.4 Å². The Hall–Kier alpha value is -1.26. The molecule has 0 bridgehead atoms. The van der Waals surface area contributed by atoms with Gasteiger partial charge >= 0.3 is 0 Å². The van der Waals surface area contributed by atoms with Crippen molar-refractivity contribution in [2.45, 2.75) is 51.5 Å². The molecule has 0 aliphatic heterocycles. The number of carbonyl (C=O) groups excluding carboxylic acids is 1. The number of nitrogens with zero attached hydrogens (tertiary/aromatic N) is 1. The number of aryl methyl sites for hydroxylation is 2. The third-order valence-corrected chi connectivity index (χ3v) is 4.91. The van der Waals surface area contributed by atoms with Crippen LogP contribution in [0.1, 0.15) is 43.2 Å². The minimum absolute atomic E-state index is 0. The molecule has 1 saturated carbocycles. The van der Waals surface area contributed by atoms with Crippen LogP contribution in [0.3, 0.4) is 0 Å². The number of carbonyl (C=O) groups is 1. The Labute approximate surface area is 152 Å². The number of nitrogens with one attached hydrogen (secondary N) is 1. The SMILES string of the molecule is Cc1cc(C)cc(OCC(=O)NCC2(N(C)C)CCCCC2)c1.Cl. The first-order valence-corrected chi connectivity index (χ1v) is 8.56. The lowest BCUT2D eigenvalue weighted by Crippen LogP contribution is -2.54. The molecular formula is C19H31ClN2O2. The van der Waals surface area contributed by atoms with E-state index in [-0.39, 0.29) is 30.5 Å². The quantitative estimate of drug-likeness (QED) is 0.850. The molecule has 1 fully saturated rings. The molecule has 1 amide bonds. The Bertz CT molecular complexity index is 520. The summed E-state index contributed by atoms with van der Waals surface area (Å²) in [4.78, 5) is 14.4. The van der Waals surface area contributed by atoms with E-state index in [0.717, 1.165) is 29.7 Å². The molecule has 0 atom stereocenters. The highest BCUT2D eigenvalue weighted by Crippen LogP contribution is 2.31. The average molecular weight is 355 g/mol. The van der Waals surface area contributed by atoms with Crippen LogP contribution in [-0.4, -0.2) is 43.6 Å². The molecule has 1 aliphatic carbocycles. The van der Waals surface area contributed by atoms with Crippen LogP contribution in [0.5, 0.6) is 5.75 Å². The second-order valence-electron chi connectivity index (χ2n) is 7.07. The summed E-state index contributed by atoms with van der Waals surface area (Å²) in [5.41, 5.74) is 2.40. The molecule has 0 heterocycles. The average Bonchev–Trinajstić information content (AvgIpc) is 2.51. The molecule has 1 aliphatic rings. The summed E-state index contributed by atoms with van der Waals surface area (Å²) in [7, 11) is 4.23. The molecule has 24 heavy (non-hydrogen) atoms. The molecule has 0 spiro atoms. The van der Waals surface area contributed by atoms with E-state index in [0.29, 0.717) is 6.54 Å². The standard InChI is InChI=1S/C19H30N2O2.ClH/c1-15-10-16(2)12-17(11-15)23-13-18(22)20-14-19(21(3)4)8-6-5-7-9-19;/h10-12H,5-9,13-14H2,1-4H3,(H,20,22);1H. The van der Waals surface area contributed by atoms with Crippen molar-refractivity contribution in [2.24, 2.45) is 0 Å². The van der Waals surface area contributed by atoms with Crippen molar-refractivity contribution in [3.63, 3.8) is 0 Å². The Balaban J connectivity index is 0.00000288. The van der Waals surface area contributed by atoms with Crippen LogP contribution in [-0.2, 0) is 4.79 Å². The maximum atomic E-state index is 12.1. The van der Waals surface area contributed by atoms with Crippen LogP contribution in [0.15, 0.2) is 18.2 Å². The summed E-state index contributed by atoms with van der Waals surface area (Å²) < 4.78 is 5.64. The lowest BCUT2D eigenvalue weighted by molar-refractivity contribution is -0.123. The van der Waals surface area contributed by atoms with E-state index in [2.05, 4.69) is 30.4 Å². The molecule has 2 rings (SSSR count). The Morgan fingerprint density at radius 3 is 2.25 bits per heavy atom. The molecule has 0 radical (unpaired) electrons. The Morgan fingerprint density at radius 1 is 1.12 bits per heavy atom. The summed E-state index contributed by atoms with van der Waals surface area (Å²) in [6.07, 6.45) is 6.09. The Morgan fingerprint density at radius 2 is 1.71 bits per heavy atom. The van der Waals surface area contributed by atoms with Crippen LogP contribution < -0.4 is 10.1 Å². The summed E-state index contributed by atoms with van der Waals surface area (Å²) in [6.45, 7) is 4.84. The zero-order chi connectivity index (χ0) is 16.9. The molecule has 0 aromatic heterocycles. The molecule has 5 heteroatoms. The normalized spacial score (nSPS) is 16.4. The van der Waals surface area contributed by atoms with Gasteiger partial charge in [0.15, 0.2) is 6.61 Å². The van der Waals surface area contributed by atoms with E-state index >= 15 is 0 Å². The van der Waals surface area contributed by atoms with Crippen molar-refractivity contribution in [1.82, 2.24) is 10.2 Å². The molecule has 1 N–H and O–H groups in total. The number of halogens is 1. The van der Waals surface area contributed by atoms with Crippen molar-refractivity contribution in [3.8, 4) is 5.75 Å². The number of hydrogen-bond donors (Lipinski definition) is 1. The van der Waals surface area contributed by atoms with Gasteiger partial charge in [0.2, 0.25) is 0 Å². The van der Waals surface area contributed by atoms with Gasteiger partial charge in [0.05, 0.1) is 0 Å². The van der Waals surface area contributed by atoms with Gasteiger partial charge in [0, 0.05) is 12.1 Å². The summed E-state index contributed by atoms with van der Waals surface area (Å²) >= 11 is 0. The second-order valence-corrected chi connectivity index (χ2v) is 7.07. The highest BCUT2D eigenvalue weighted by atomic mass is 35.5. The van der Waals surface area contributed by atoms with Gasteiger partial charge in [-0.3, -0.25) is 4.79 Å². The highest BCUT2D eigenvalue weighted by molar-refractivity contribution is 5.85. The van der Waals surface area contributed by atoms with Crippen LogP contribution in [0, 0.1) is 13.8 Å². The molecular weight excluding hydrogens is 324 g/mol. The van der Waals surface area contributed by atoms with E-state index in [4.69, 9.17) is 4.74 Å². The summed E-state index contributed by atoms with van der Waals surface area (Å²) in [5.74, 6) is 0.716. The van der Waals surface area contributed by atoms with Crippen molar-refractivity contribution >= 4 is 18.3 Å². The Kier molecular flexibility index (Phi) is 8.04. The lowest BCUT2D eigenvalue weighted by atomic mass is 9.80. The van der Waals surface area contributed by atoms with Gasteiger partial charge in [-0.2, -0.15) is 0 Å². The smallest absolute Gasteiger partial charge is 0.258 e. The summed E-state index contributed by atoms with van der Waals surface area (Å²) in [6, 6.07) is 6.02. The van der Waals surface area contributed by atoms with Crippen molar-refractivity contribution in [1.29, 1.82) is 0 Å². The largest absolute Gasteiger partial charge is 0.484 e. The number of amides is 1. The molecule has 0 saturated heterocycles. The predicted octanol–water partition coefficient (Wildman–Crippen LogP) is 3.48. The van der Waals surface area contributed by atoms with E-state index in [9.17, 15) is 4.79 Å². The summed E-state index contributed by atoms with van der Waals surface area (Å²) in [5, 5.41) is 3.07. The fourth-order valence-corrected chi connectivity index (χ4v) is 3.47. The third kappa shape index (κ3) is 5.67. The van der Waals surface area contributed by atoms with Gasteiger partial charge in [0.25, 0.3) is 5.91 Å². The second kappa shape index (κ2) is 9.28. The van der Waals surface area contributed by atoms with E-state index < -0.39 is 0 Å². The molecule has 136 valence electrons. The molecule has 0 unspecified atom stereocenters. The minimum Gasteiger partial charge on any atom is -0.484 e. The monoisotopic (exact) mass is 354 g/mol. The van der Waals surface area contributed by atoms with Crippen LogP contribution in [0.25, 0.3) is 0 Å². The first kappa shape index (κ1) is 20.8. The van der Waals surface area contributed by atoms with Crippen molar-refractivity contribution < 1.29 is 9.53 Å². The lowest BCUT2D eigenvalue weighted by Gasteiger charge is -2.43. The number of likely N-dealkylation sites (N-methyl/N-ethyl adjacent to an activating group) is 1. The highest BCUT2D eigenvalue weighted by Gasteiger charge is 2.34. The number of hydrogen-bond acceptors (Lipinski definition) is 3.